The number of nitrogens with one attached hydrogen (secondary N) is 2. The first-order chi connectivity index (χ1) is 10.1. The monoisotopic (exact) mass is 286 g/mol. The maximum atomic E-state index is 12.8. The highest BCUT2D eigenvalue weighted by atomic mass is 19.1. The van der Waals surface area contributed by atoms with E-state index in [-0.39, 0.29) is 24.2 Å². The molecule has 3 nitrogen and oxygen atoms in total. The van der Waals surface area contributed by atoms with Gasteiger partial charge in [0.1, 0.15) is 5.82 Å². The molecule has 0 bridgehead atoms. The lowest BCUT2D eigenvalue weighted by Crippen LogP contribution is -2.19. The van der Waals surface area contributed by atoms with Crippen LogP contribution in [-0.2, 0) is 11.2 Å². The molecule has 0 spiro atoms. The summed E-state index contributed by atoms with van der Waals surface area (Å²) in [6.07, 6.45) is 0.225. The van der Waals surface area contributed by atoms with E-state index in [0.29, 0.717) is 0 Å². The second-order valence-corrected chi connectivity index (χ2v) is 4.95. The first-order valence-corrected chi connectivity index (χ1v) is 6.90. The molecule has 1 amide bonds. The number of rotatable bonds is 5. The van der Waals surface area contributed by atoms with E-state index in [2.05, 4.69) is 10.6 Å². The molecule has 2 rings (SSSR count). The van der Waals surface area contributed by atoms with Crippen LogP contribution >= 0.6 is 0 Å². The van der Waals surface area contributed by atoms with Gasteiger partial charge in [0, 0.05) is 11.7 Å². The van der Waals surface area contributed by atoms with E-state index in [1.54, 1.807) is 12.1 Å². The molecule has 1 unspecified atom stereocenters. The molecule has 1 atom stereocenters. The van der Waals surface area contributed by atoms with Gasteiger partial charge in [-0.25, -0.2) is 4.39 Å². The number of para-hydroxylation sites is 1. The topological polar surface area (TPSA) is 41.1 Å². The molecule has 0 aliphatic carbocycles. The molecule has 4 heteroatoms. The molecule has 2 aromatic rings. The molecule has 0 fully saturated rings. The summed E-state index contributed by atoms with van der Waals surface area (Å²) in [5.41, 5.74) is 2.62. The SMILES string of the molecule is CNC(C)c1ccccc1NC(=O)Cc1ccc(F)cc1. The quantitative estimate of drug-likeness (QED) is 0.885. The van der Waals surface area contributed by atoms with Crippen LogP contribution in [0.4, 0.5) is 10.1 Å². The van der Waals surface area contributed by atoms with Crippen molar-refractivity contribution in [3.8, 4) is 0 Å². The summed E-state index contributed by atoms with van der Waals surface area (Å²) < 4.78 is 12.8. The van der Waals surface area contributed by atoms with Crippen molar-refractivity contribution < 1.29 is 9.18 Å². The van der Waals surface area contributed by atoms with Gasteiger partial charge in [-0.1, -0.05) is 30.3 Å². The van der Waals surface area contributed by atoms with Gasteiger partial charge in [-0.2, -0.15) is 0 Å². The minimum absolute atomic E-state index is 0.114. The van der Waals surface area contributed by atoms with Crippen LogP contribution in [0.2, 0.25) is 0 Å². The third-order valence-electron chi connectivity index (χ3n) is 3.41. The summed E-state index contributed by atoms with van der Waals surface area (Å²) in [5.74, 6) is -0.412. The maximum absolute atomic E-state index is 12.8. The Morgan fingerprint density at radius 2 is 1.81 bits per heavy atom. The minimum Gasteiger partial charge on any atom is -0.325 e. The highest BCUT2D eigenvalue weighted by Crippen LogP contribution is 2.22. The Morgan fingerprint density at radius 1 is 1.14 bits per heavy atom. The van der Waals surface area contributed by atoms with Gasteiger partial charge < -0.3 is 10.6 Å². The summed E-state index contributed by atoms with van der Waals surface area (Å²) >= 11 is 0. The Hall–Kier alpha value is -2.20. The second-order valence-electron chi connectivity index (χ2n) is 4.95. The molecule has 0 saturated heterocycles. The third-order valence-corrected chi connectivity index (χ3v) is 3.41. The van der Waals surface area contributed by atoms with Crippen molar-refractivity contribution in [3.05, 3.63) is 65.5 Å². The van der Waals surface area contributed by atoms with Gasteiger partial charge in [0.25, 0.3) is 0 Å². The van der Waals surface area contributed by atoms with E-state index in [0.717, 1.165) is 16.8 Å². The van der Waals surface area contributed by atoms with Crippen LogP contribution in [0.25, 0.3) is 0 Å². The summed E-state index contributed by atoms with van der Waals surface area (Å²) in [6, 6.07) is 13.8. The lowest BCUT2D eigenvalue weighted by Gasteiger charge is -2.16. The van der Waals surface area contributed by atoms with E-state index >= 15 is 0 Å². The fraction of sp³-hybridized carbons (Fsp3) is 0.235. The largest absolute Gasteiger partial charge is 0.325 e. The van der Waals surface area contributed by atoms with Crippen molar-refractivity contribution in [1.29, 1.82) is 0 Å². The Bertz CT molecular complexity index is 610. The van der Waals surface area contributed by atoms with Crippen molar-refractivity contribution in [1.82, 2.24) is 5.32 Å². The molecule has 110 valence electrons. The van der Waals surface area contributed by atoms with Crippen LogP contribution in [0.15, 0.2) is 48.5 Å². The molecular weight excluding hydrogens is 267 g/mol. The number of anilines is 1. The molecule has 2 aromatic carbocycles. The summed E-state index contributed by atoms with van der Waals surface area (Å²) in [4.78, 5) is 12.1. The molecule has 0 aliphatic rings. The van der Waals surface area contributed by atoms with Crippen molar-refractivity contribution in [3.63, 3.8) is 0 Å². The van der Waals surface area contributed by atoms with E-state index < -0.39 is 0 Å². The zero-order chi connectivity index (χ0) is 15.2. The van der Waals surface area contributed by atoms with Crippen LogP contribution in [0.1, 0.15) is 24.1 Å². The highest BCUT2D eigenvalue weighted by molar-refractivity contribution is 5.93. The molecule has 0 heterocycles. The molecule has 0 aliphatic heterocycles. The number of benzene rings is 2. The van der Waals surface area contributed by atoms with Crippen molar-refractivity contribution in [2.45, 2.75) is 19.4 Å². The van der Waals surface area contributed by atoms with Gasteiger partial charge in [0.15, 0.2) is 0 Å². The standard InChI is InChI=1S/C17H19FN2O/c1-12(19-2)15-5-3-4-6-16(15)20-17(21)11-13-7-9-14(18)10-8-13/h3-10,12,19H,11H2,1-2H3,(H,20,21). The average molecular weight is 286 g/mol. The van der Waals surface area contributed by atoms with Crippen LogP contribution in [0, 0.1) is 5.82 Å². The predicted octanol–water partition coefficient (Wildman–Crippen LogP) is 3.29. The molecular formula is C17H19FN2O. The Morgan fingerprint density at radius 3 is 2.48 bits per heavy atom. The number of hydrogen-bond acceptors (Lipinski definition) is 2. The third kappa shape index (κ3) is 4.13. The molecule has 21 heavy (non-hydrogen) atoms. The summed E-state index contributed by atoms with van der Waals surface area (Å²) in [7, 11) is 1.88. The van der Waals surface area contributed by atoms with E-state index in [1.165, 1.54) is 12.1 Å². The van der Waals surface area contributed by atoms with E-state index in [4.69, 9.17) is 0 Å². The number of halogens is 1. The molecule has 2 N–H and O–H groups in total. The Labute approximate surface area is 124 Å². The van der Waals surface area contributed by atoms with Gasteiger partial charge in [0.2, 0.25) is 5.91 Å². The highest BCUT2D eigenvalue weighted by Gasteiger charge is 2.11. The first-order valence-electron chi connectivity index (χ1n) is 6.90. The summed E-state index contributed by atoms with van der Waals surface area (Å²) in [6.45, 7) is 2.03. The molecule has 0 saturated carbocycles. The fourth-order valence-corrected chi connectivity index (χ4v) is 2.13. The van der Waals surface area contributed by atoms with E-state index in [1.807, 2.05) is 38.2 Å². The lowest BCUT2D eigenvalue weighted by molar-refractivity contribution is -0.115. The van der Waals surface area contributed by atoms with Crippen molar-refractivity contribution in [2.75, 3.05) is 12.4 Å². The summed E-state index contributed by atoms with van der Waals surface area (Å²) in [5, 5.41) is 6.07. The zero-order valence-corrected chi connectivity index (χ0v) is 12.2. The van der Waals surface area contributed by atoms with Gasteiger partial charge in [-0.3, -0.25) is 4.79 Å². The van der Waals surface area contributed by atoms with Gasteiger partial charge in [-0.05, 0) is 43.3 Å². The smallest absolute Gasteiger partial charge is 0.228 e. The van der Waals surface area contributed by atoms with Gasteiger partial charge in [0.05, 0.1) is 6.42 Å². The van der Waals surface area contributed by atoms with Crippen LogP contribution in [0.5, 0.6) is 0 Å². The zero-order valence-electron chi connectivity index (χ0n) is 12.2. The Kier molecular flexibility index (Phi) is 5.06. The van der Waals surface area contributed by atoms with E-state index in [9.17, 15) is 9.18 Å². The average Bonchev–Trinajstić information content (AvgIpc) is 2.49. The fourth-order valence-electron chi connectivity index (χ4n) is 2.13. The predicted molar refractivity (Wildman–Crippen MR) is 82.7 cm³/mol. The minimum atomic E-state index is -0.299. The van der Waals surface area contributed by atoms with Gasteiger partial charge >= 0.3 is 0 Å². The molecule has 0 radical (unpaired) electrons. The van der Waals surface area contributed by atoms with Crippen LogP contribution in [-0.4, -0.2) is 13.0 Å². The van der Waals surface area contributed by atoms with Crippen molar-refractivity contribution >= 4 is 11.6 Å². The lowest BCUT2D eigenvalue weighted by atomic mass is 10.1. The van der Waals surface area contributed by atoms with Gasteiger partial charge in [-0.15, -0.1) is 0 Å². The molecule has 0 aromatic heterocycles. The number of carbonyl (C=O) groups excluding carboxylic acids is 1. The Balaban J connectivity index is 2.07. The normalized spacial score (nSPS) is 12.0. The second kappa shape index (κ2) is 6.99. The van der Waals surface area contributed by atoms with Crippen molar-refractivity contribution in [2.24, 2.45) is 0 Å². The number of hydrogen-bond donors (Lipinski definition) is 2. The number of amides is 1. The first kappa shape index (κ1) is 15.2. The van der Waals surface area contributed by atoms with Crippen LogP contribution in [0.3, 0.4) is 0 Å². The number of carbonyl (C=O) groups is 1. The van der Waals surface area contributed by atoms with Crippen LogP contribution < -0.4 is 10.6 Å². The maximum Gasteiger partial charge on any atom is 0.228 e.